The topological polar surface area (TPSA) is 94.5 Å². The van der Waals surface area contributed by atoms with Gasteiger partial charge in [0.05, 0.1) is 12.6 Å². The van der Waals surface area contributed by atoms with Crippen LogP contribution in [-0.2, 0) is 11.3 Å². The summed E-state index contributed by atoms with van der Waals surface area (Å²) in [6, 6.07) is 11.5. The van der Waals surface area contributed by atoms with Crippen LogP contribution in [0.2, 0.25) is 5.02 Å². The number of hydrogen-bond donors (Lipinski definition) is 2. The molecule has 0 bridgehead atoms. The SMILES string of the molecule is CC(C)Oc1ccc(Nc2nc(=O)c(NC(=O)OC(C)(C)C)cn2Cc2ccc(Cl)cc2)cc1F. The number of nitrogens with one attached hydrogen (secondary N) is 2. The molecule has 0 radical (unpaired) electrons. The molecule has 0 saturated carbocycles. The summed E-state index contributed by atoms with van der Waals surface area (Å²) in [5.41, 5.74) is -0.269. The summed E-state index contributed by atoms with van der Waals surface area (Å²) in [6.07, 6.45) is 0.487. The third kappa shape index (κ3) is 7.71. The van der Waals surface area contributed by atoms with Crippen molar-refractivity contribution in [2.24, 2.45) is 0 Å². The Labute approximate surface area is 208 Å². The van der Waals surface area contributed by atoms with Crippen LogP contribution in [0.4, 0.5) is 26.5 Å². The molecular weight excluding hydrogens is 475 g/mol. The predicted octanol–water partition coefficient (Wildman–Crippen LogP) is 5.96. The zero-order chi connectivity index (χ0) is 25.8. The zero-order valence-corrected chi connectivity index (χ0v) is 20.9. The van der Waals surface area contributed by atoms with E-state index in [1.54, 1.807) is 57.4 Å². The second kappa shape index (κ2) is 10.8. The fraction of sp³-hybridized carbons (Fsp3) is 0.320. The lowest BCUT2D eigenvalue weighted by molar-refractivity contribution is 0.0635. The molecule has 0 saturated heterocycles. The van der Waals surface area contributed by atoms with Gasteiger partial charge in [0.2, 0.25) is 5.95 Å². The van der Waals surface area contributed by atoms with Gasteiger partial charge in [-0.05, 0) is 64.4 Å². The van der Waals surface area contributed by atoms with Crippen LogP contribution in [0.25, 0.3) is 0 Å². The van der Waals surface area contributed by atoms with E-state index in [2.05, 4.69) is 15.6 Å². The van der Waals surface area contributed by atoms with Crippen LogP contribution in [0.3, 0.4) is 0 Å². The monoisotopic (exact) mass is 502 g/mol. The highest BCUT2D eigenvalue weighted by Gasteiger charge is 2.19. The van der Waals surface area contributed by atoms with E-state index < -0.39 is 23.1 Å². The maximum atomic E-state index is 14.5. The molecule has 186 valence electrons. The molecule has 10 heteroatoms. The van der Waals surface area contributed by atoms with Gasteiger partial charge in [0.1, 0.15) is 11.3 Å². The molecule has 0 spiro atoms. The van der Waals surface area contributed by atoms with Gasteiger partial charge in [-0.25, -0.2) is 9.18 Å². The summed E-state index contributed by atoms with van der Waals surface area (Å²) >= 11 is 5.99. The smallest absolute Gasteiger partial charge is 0.412 e. The number of anilines is 3. The second-order valence-electron chi connectivity index (χ2n) is 9.10. The molecule has 35 heavy (non-hydrogen) atoms. The number of amides is 1. The lowest BCUT2D eigenvalue weighted by atomic mass is 10.2. The molecule has 3 aromatic rings. The van der Waals surface area contributed by atoms with Crippen molar-refractivity contribution >= 4 is 35.0 Å². The molecule has 8 nitrogen and oxygen atoms in total. The first kappa shape index (κ1) is 26.0. The van der Waals surface area contributed by atoms with E-state index in [4.69, 9.17) is 21.1 Å². The minimum absolute atomic E-state index is 0.0642. The van der Waals surface area contributed by atoms with E-state index in [0.717, 1.165) is 5.56 Å². The van der Waals surface area contributed by atoms with Crippen molar-refractivity contribution in [3.05, 3.63) is 75.4 Å². The fourth-order valence-electron chi connectivity index (χ4n) is 3.06. The Hall–Kier alpha value is -3.59. The van der Waals surface area contributed by atoms with Gasteiger partial charge in [0.25, 0.3) is 5.56 Å². The molecule has 0 fully saturated rings. The number of carbonyl (C=O) groups is 1. The average molecular weight is 503 g/mol. The molecule has 1 heterocycles. The van der Waals surface area contributed by atoms with Crippen molar-refractivity contribution in [3.63, 3.8) is 0 Å². The summed E-state index contributed by atoms with van der Waals surface area (Å²) in [6.45, 7) is 9.04. The normalized spacial score (nSPS) is 11.3. The number of halogens is 2. The van der Waals surface area contributed by atoms with Gasteiger partial charge in [0, 0.05) is 23.0 Å². The first-order chi connectivity index (χ1) is 16.4. The predicted molar refractivity (Wildman–Crippen MR) is 134 cm³/mol. The summed E-state index contributed by atoms with van der Waals surface area (Å²) < 4.78 is 26.8. The van der Waals surface area contributed by atoms with Gasteiger partial charge in [-0.3, -0.25) is 10.1 Å². The quantitative estimate of drug-likeness (QED) is 0.414. The number of carbonyl (C=O) groups excluding carboxylic acids is 1. The van der Waals surface area contributed by atoms with Crippen molar-refractivity contribution in [3.8, 4) is 5.75 Å². The minimum atomic E-state index is -0.780. The van der Waals surface area contributed by atoms with Gasteiger partial charge in [-0.1, -0.05) is 23.7 Å². The van der Waals surface area contributed by atoms with Gasteiger partial charge >= 0.3 is 6.09 Å². The molecule has 1 aromatic heterocycles. The van der Waals surface area contributed by atoms with E-state index in [-0.39, 0.29) is 30.0 Å². The van der Waals surface area contributed by atoms with Gasteiger partial charge in [0.15, 0.2) is 11.6 Å². The summed E-state index contributed by atoms with van der Waals surface area (Å²) in [4.78, 5) is 29.0. The van der Waals surface area contributed by atoms with E-state index in [0.29, 0.717) is 10.7 Å². The lowest BCUT2D eigenvalue weighted by Gasteiger charge is -2.20. The number of aromatic nitrogens is 2. The number of nitrogens with zero attached hydrogens (tertiary/aromatic N) is 2. The van der Waals surface area contributed by atoms with Crippen molar-refractivity contribution in [2.45, 2.75) is 52.9 Å². The van der Waals surface area contributed by atoms with Crippen molar-refractivity contribution in [2.75, 3.05) is 10.6 Å². The highest BCUT2D eigenvalue weighted by molar-refractivity contribution is 6.30. The Morgan fingerprint density at radius 3 is 2.46 bits per heavy atom. The number of hydrogen-bond acceptors (Lipinski definition) is 6. The second-order valence-corrected chi connectivity index (χ2v) is 9.54. The highest BCUT2D eigenvalue weighted by Crippen LogP contribution is 2.25. The van der Waals surface area contributed by atoms with Crippen LogP contribution >= 0.6 is 11.6 Å². The van der Waals surface area contributed by atoms with E-state index in [9.17, 15) is 14.0 Å². The van der Waals surface area contributed by atoms with Gasteiger partial charge in [-0.15, -0.1) is 0 Å². The van der Waals surface area contributed by atoms with E-state index >= 15 is 0 Å². The Morgan fingerprint density at radius 2 is 1.86 bits per heavy atom. The van der Waals surface area contributed by atoms with Crippen LogP contribution in [0, 0.1) is 5.82 Å². The lowest BCUT2D eigenvalue weighted by Crippen LogP contribution is -2.30. The third-order valence-corrected chi connectivity index (χ3v) is 4.70. The molecule has 2 aromatic carbocycles. The molecule has 0 aliphatic carbocycles. The van der Waals surface area contributed by atoms with Crippen molar-refractivity contribution < 1.29 is 18.7 Å². The summed E-state index contributed by atoms with van der Waals surface area (Å²) in [7, 11) is 0. The molecule has 0 aliphatic rings. The standard InChI is InChI=1S/C25H28ClFN4O4/c1-15(2)34-21-11-10-18(12-19(21)27)28-23-30-22(32)20(29-24(33)35-25(3,4)5)14-31(23)13-16-6-8-17(26)9-7-16/h6-12,14-15H,13H2,1-5H3,(H,29,33)(H,28,30,32). The molecule has 0 aliphatic heterocycles. The maximum absolute atomic E-state index is 14.5. The Balaban J connectivity index is 1.95. The molecular formula is C25H28ClFN4O4. The van der Waals surface area contributed by atoms with Crippen LogP contribution < -0.4 is 20.9 Å². The zero-order valence-electron chi connectivity index (χ0n) is 20.2. The Kier molecular flexibility index (Phi) is 8.01. The summed E-state index contributed by atoms with van der Waals surface area (Å²) in [5.74, 6) is -0.288. The Morgan fingerprint density at radius 1 is 1.17 bits per heavy atom. The van der Waals surface area contributed by atoms with Crippen LogP contribution in [0.5, 0.6) is 5.75 Å². The largest absolute Gasteiger partial charge is 0.488 e. The molecule has 0 atom stereocenters. The third-order valence-electron chi connectivity index (χ3n) is 4.45. The average Bonchev–Trinajstić information content (AvgIpc) is 2.73. The van der Waals surface area contributed by atoms with Crippen molar-refractivity contribution in [1.29, 1.82) is 0 Å². The molecule has 3 rings (SSSR count). The summed E-state index contributed by atoms with van der Waals surface area (Å²) in [5, 5.41) is 6.00. The first-order valence-corrected chi connectivity index (χ1v) is 11.4. The van der Waals surface area contributed by atoms with Crippen LogP contribution in [-0.4, -0.2) is 27.3 Å². The van der Waals surface area contributed by atoms with Gasteiger partial charge in [-0.2, -0.15) is 4.98 Å². The van der Waals surface area contributed by atoms with Crippen LogP contribution in [0.1, 0.15) is 40.2 Å². The van der Waals surface area contributed by atoms with E-state index in [1.807, 2.05) is 12.1 Å². The first-order valence-electron chi connectivity index (χ1n) is 11.0. The van der Waals surface area contributed by atoms with E-state index in [1.165, 1.54) is 18.3 Å². The molecule has 1 amide bonds. The van der Waals surface area contributed by atoms with Gasteiger partial charge < -0.3 is 19.4 Å². The maximum Gasteiger partial charge on any atom is 0.412 e. The number of ether oxygens (including phenoxy) is 2. The van der Waals surface area contributed by atoms with Crippen molar-refractivity contribution in [1.82, 2.24) is 9.55 Å². The number of benzene rings is 2. The molecule has 0 unspecified atom stereocenters. The Bertz CT molecular complexity index is 1250. The van der Waals surface area contributed by atoms with Crippen LogP contribution in [0.15, 0.2) is 53.5 Å². The number of rotatable bonds is 7. The highest BCUT2D eigenvalue weighted by atomic mass is 35.5. The molecule has 2 N–H and O–H groups in total. The fourth-order valence-corrected chi connectivity index (χ4v) is 3.18. The minimum Gasteiger partial charge on any atom is -0.488 e.